The highest BCUT2D eigenvalue weighted by Crippen LogP contribution is 2.36. The van der Waals surface area contributed by atoms with Gasteiger partial charge in [-0.05, 0) is 49.4 Å². The molecule has 0 aromatic heterocycles. The van der Waals surface area contributed by atoms with Crippen LogP contribution in [0.15, 0.2) is 41.3 Å². The summed E-state index contributed by atoms with van der Waals surface area (Å²) < 4.78 is 36.4. The fourth-order valence-electron chi connectivity index (χ4n) is 1.35. The van der Waals surface area contributed by atoms with E-state index in [0.717, 1.165) is 6.42 Å². The quantitative estimate of drug-likeness (QED) is 0.504. The van der Waals surface area contributed by atoms with E-state index in [1.807, 2.05) is 19.1 Å². The summed E-state index contributed by atoms with van der Waals surface area (Å²) >= 11 is -0.195. The number of allylic oxidation sites excluding steroid dienone is 1. The number of carbonyl (C=O) groups excluding carboxylic acids is 1. The van der Waals surface area contributed by atoms with E-state index in [-0.39, 0.29) is 22.6 Å². The van der Waals surface area contributed by atoms with Crippen LogP contribution in [0.2, 0.25) is 0 Å². The van der Waals surface area contributed by atoms with Crippen molar-refractivity contribution in [3.8, 4) is 0 Å². The molecule has 0 unspecified atom stereocenters. The topological polar surface area (TPSA) is 29.1 Å². The molecule has 0 bridgehead atoms. The van der Waals surface area contributed by atoms with Gasteiger partial charge in [-0.3, -0.25) is 4.79 Å². The Morgan fingerprint density at radius 2 is 1.95 bits per heavy atom. The van der Waals surface area contributed by atoms with E-state index in [9.17, 15) is 18.0 Å². The van der Waals surface area contributed by atoms with Crippen LogP contribution in [0.4, 0.5) is 13.2 Å². The molecule has 0 fully saturated rings. The highest BCUT2D eigenvalue weighted by Gasteiger charge is 2.29. The van der Waals surface area contributed by atoms with Gasteiger partial charge in [0, 0.05) is 17.0 Å². The summed E-state index contributed by atoms with van der Waals surface area (Å²) in [5.74, 6) is -0.284. The molecule has 0 radical (unpaired) electrons. The molecular formula is C13H14F3NOS. The molecule has 0 aliphatic rings. The van der Waals surface area contributed by atoms with Gasteiger partial charge in [-0.25, -0.2) is 0 Å². The molecule has 104 valence electrons. The van der Waals surface area contributed by atoms with Crippen molar-refractivity contribution in [1.82, 2.24) is 5.32 Å². The Morgan fingerprint density at radius 3 is 2.47 bits per heavy atom. The highest BCUT2D eigenvalue weighted by atomic mass is 32.2. The molecule has 1 aromatic carbocycles. The lowest BCUT2D eigenvalue weighted by atomic mass is 10.2. The molecule has 1 N–H and O–H groups in total. The molecule has 6 heteroatoms. The average molecular weight is 289 g/mol. The number of carbonyl (C=O) groups is 1. The first-order valence-electron chi connectivity index (χ1n) is 5.67. The van der Waals surface area contributed by atoms with Crippen LogP contribution in [0.3, 0.4) is 0 Å². The molecule has 1 amide bonds. The number of nitrogens with one attached hydrogen (secondary N) is 1. The number of alkyl halides is 3. The number of rotatable bonds is 5. The van der Waals surface area contributed by atoms with Gasteiger partial charge in [0.2, 0.25) is 0 Å². The van der Waals surface area contributed by atoms with Gasteiger partial charge in [0.15, 0.2) is 0 Å². The van der Waals surface area contributed by atoms with Gasteiger partial charge in [-0.1, -0.05) is 12.2 Å². The largest absolute Gasteiger partial charge is 0.446 e. The minimum Gasteiger partial charge on any atom is -0.352 e. The Kier molecular flexibility index (Phi) is 5.95. The zero-order valence-electron chi connectivity index (χ0n) is 10.3. The number of halogens is 3. The van der Waals surface area contributed by atoms with Gasteiger partial charge in [-0.2, -0.15) is 13.2 Å². The normalized spacial score (nSPS) is 11.8. The van der Waals surface area contributed by atoms with E-state index in [4.69, 9.17) is 0 Å². The number of thioether (sulfide) groups is 1. The third-order valence-electron chi connectivity index (χ3n) is 2.18. The monoisotopic (exact) mass is 289 g/mol. The summed E-state index contributed by atoms with van der Waals surface area (Å²) in [5.41, 5.74) is -3.96. The Hall–Kier alpha value is -1.43. The first kappa shape index (κ1) is 15.6. The van der Waals surface area contributed by atoms with Crippen molar-refractivity contribution in [1.29, 1.82) is 0 Å². The predicted molar refractivity (Wildman–Crippen MR) is 70.1 cm³/mol. The van der Waals surface area contributed by atoms with Gasteiger partial charge in [-0.15, -0.1) is 0 Å². The molecule has 1 aromatic rings. The maximum atomic E-state index is 12.1. The van der Waals surface area contributed by atoms with Crippen molar-refractivity contribution in [2.45, 2.75) is 23.7 Å². The predicted octanol–water partition coefficient (Wildman–Crippen LogP) is 3.99. The Balaban J connectivity index is 2.53. The van der Waals surface area contributed by atoms with Crippen LogP contribution in [-0.2, 0) is 0 Å². The summed E-state index contributed by atoms with van der Waals surface area (Å²) in [6.07, 6.45) is 4.53. The SMILES string of the molecule is C/C=C/CCNC(=O)c1ccc(SC(F)(F)F)cc1. The molecule has 1 rings (SSSR count). The molecule has 0 heterocycles. The van der Waals surface area contributed by atoms with Gasteiger partial charge in [0.25, 0.3) is 5.91 Å². The van der Waals surface area contributed by atoms with E-state index in [1.165, 1.54) is 24.3 Å². The minimum atomic E-state index is -4.31. The summed E-state index contributed by atoms with van der Waals surface area (Å²) in [7, 11) is 0. The van der Waals surface area contributed by atoms with Crippen LogP contribution in [0, 0.1) is 0 Å². The van der Waals surface area contributed by atoms with E-state index in [1.54, 1.807) is 0 Å². The van der Waals surface area contributed by atoms with Gasteiger partial charge in [0.1, 0.15) is 0 Å². The number of benzene rings is 1. The van der Waals surface area contributed by atoms with Crippen LogP contribution < -0.4 is 5.32 Å². The van der Waals surface area contributed by atoms with Crippen molar-refractivity contribution in [3.05, 3.63) is 42.0 Å². The molecule has 0 aliphatic carbocycles. The van der Waals surface area contributed by atoms with Gasteiger partial charge >= 0.3 is 5.51 Å². The van der Waals surface area contributed by atoms with Crippen LogP contribution in [0.5, 0.6) is 0 Å². The lowest BCUT2D eigenvalue weighted by Gasteiger charge is -2.07. The van der Waals surface area contributed by atoms with Crippen molar-refractivity contribution in [2.24, 2.45) is 0 Å². The number of amides is 1. The van der Waals surface area contributed by atoms with Crippen molar-refractivity contribution < 1.29 is 18.0 Å². The average Bonchev–Trinajstić information content (AvgIpc) is 2.33. The second-order valence-corrected chi connectivity index (χ2v) is 4.82. The molecule has 19 heavy (non-hydrogen) atoms. The van der Waals surface area contributed by atoms with Crippen LogP contribution in [-0.4, -0.2) is 18.0 Å². The zero-order valence-corrected chi connectivity index (χ0v) is 11.1. The molecule has 0 atom stereocenters. The molecule has 0 aliphatic heterocycles. The zero-order chi connectivity index (χ0) is 14.3. The minimum absolute atomic E-state index is 0.0676. The fourth-order valence-corrected chi connectivity index (χ4v) is 1.89. The summed E-state index contributed by atoms with van der Waals surface area (Å²) in [4.78, 5) is 11.7. The lowest BCUT2D eigenvalue weighted by Crippen LogP contribution is -2.23. The maximum absolute atomic E-state index is 12.1. The second kappa shape index (κ2) is 7.23. The Labute approximate surface area is 114 Å². The maximum Gasteiger partial charge on any atom is 0.446 e. The van der Waals surface area contributed by atoms with E-state index >= 15 is 0 Å². The first-order chi connectivity index (χ1) is 8.92. The number of hydrogen-bond donors (Lipinski definition) is 1. The third-order valence-corrected chi connectivity index (χ3v) is 2.92. The van der Waals surface area contributed by atoms with Crippen LogP contribution >= 0.6 is 11.8 Å². The highest BCUT2D eigenvalue weighted by molar-refractivity contribution is 8.00. The van der Waals surface area contributed by atoms with Crippen molar-refractivity contribution in [3.63, 3.8) is 0 Å². The van der Waals surface area contributed by atoms with E-state index in [2.05, 4.69) is 5.32 Å². The van der Waals surface area contributed by atoms with Crippen LogP contribution in [0.25, 0.3) is 0 Å². The standard InChI is InChI=1S/C13H14F3NOS/c1-2-3-4-9-17-12(18)10-5-7-11(8-6-10)19-13(14,15)16/h2-3,5-8H,4,9H2,1H3,(H,17,18)/b3-2+. The third kappa shape index (κ3) is 6.33. The smallest absolute Gasteiger partial charge is 0.352 e. The number of hydrogen-bond acceptors (Lipinski definition) is 2. The molecule has 2 nitrogen and oxygen atoms in total. The first-order valence-corrected chi connectivity index (χ1v) is 6.49. The summed E-state index contributed by atoms with van der Waals surface area (Å²) in [6.45, 7) is 2.39. The fraction of sp³-hybridized carbons (Fsp3) is 0.308. The van der Waals surface area contributed by atoms with Gasteiger partial charge in [0.05, 0.1) is 0 Å². The molecule has 0 saturated carbocycles. The van der Waals surface area contributed by atoms with Crippen LogP contribution in [0.1, 0.15) is 23.7 Å². The van der Waals surface area contributed by atoms with E-state index < -0.39 is 5.51 Å². The summed E-state index contributed by atoms with van der Waals surface area (Å²) in [5, 5.41) is 2.68. The van der Waals surface area contributed by atoms with Crippen molar-refractivity contribution in [2.75, 3.05) is 6.54 Å². The van der Waals surface area contributed by atoms with Gasteiger partial charge < -0.3 is 5.32 Å². The Bertz CT molecular complexity index is 440. The molecular weight excluding hydrogens is 275 g/mol. The lowest BCUT2D eigenvalue weighted by molar-refractivity contribution is -0.0328. The van der Waals surface area contributed by atoms with Crippen molar-refractivity contribution >= 4 is 17.7 Å². The second-order valence-electron chi connectivity index (χ2n) is 3.69. The molecule has 0 spiro atoms. The Morgan fingerprint density at radius 1 is 1.32 bits per heavy atom. The summed E-state index contributed by atoms with van der Waals surface area (Å²) in [6, 6.07) is 5.36. The van der Waals surface area contributed by atoms with E-state index in [0.29, 0.717) is 12.1 Å². The molecule has 0 saturated heterocycles.